The van der Waals surface area contributed by atoms with Crippen LogP contribution in [-0.4, -0.2) is 44.5 Å². The minimum absolute atomic E-state index is 0. The predicted molar refractivity (Wildman–Crippen MR) is 81.1 cm³/mol. The molecule has 0 saturated heterocycles. The highest BCUT2D eigenvalue weighted by atomic mass is 35.5. The lowest BCUT2D eigenvalue weighted by Crippen LogP contribution is -2.41. The molecule has 0 saturated carbocycles. The zero-order valence-electron chi connectivity index (χ0n) is 11.8. The van der Waals surface area contributed by atoms with Crippen molar-refractivity contribution in [2.75, 3.05) is 13.1 Å². The molecule has 0 bridgehead atoms. The number of carbonyl (C=O) groups is 1. The van der Waals surface area contributed by atoms with Gasteiger partial charge in [-0.3, -0.25) is 4.79 Å². The van der Waals surface area contributed by atoms with Crippen LogP contribution in [0, 0.1) is 13.8 Å². The first-order chi connectivity index (χ1) is 9.32. The average Bonchev–Trinajstić information content (AvgIpc) is 2.80. The Morgan fingerprint density at radius 3 is 2.59 bits per heavy atom. The maximum atomic E-state index is 13.0. The van der Waals surface area contributed by atoms with E-state index in [4.69, 9.17) is 5.73 Å². The number of fused-ring (bicyclic) bond motifs is 1. The second-order valence-electron chi connectivity index (χ2n) is 4.43. The summed E-state index contributed by atoms with van der Waals surface area (Å²) in [6.07, 6.45) is 0. The van der Waals surface area contributed by atoms with Crippen molar-refractivity contribution < 1.29 is 13.6 Å². The van der Waals surface area contributed by atoms with Crippen molar-refractivity contribution in [3.8, 4) is 0 Å². The molecule has 0 radical (unpaired) electrons. The van der Waals surface area contributed by atoms with E-state index >= 15 is 0 Å². The number of nitrogens with zero attached hydrogens (tertiary/aromatic N) is 4. The molecule has 2 aromatic rings. The minimum Gasteiger partial charge on any atom is -0.343 e. The van der Waals surface area contributed by atoms with Crippen LogP contribution in [0.4, 0.5) is 8.78 Å². The van der Waals surface area contributed by atoms with Crippen molar-refractivity contribution in [2.24, 2.45) is 5.73 Å². The van der Waals surface area contributed by atoms with Crippen LogP contribution in [-0.2, 0) is 0 Å². The van der Waals surface area contributed by atoms with E-state index in [1.165, 1.54) is 4.52 Å². The van der Waals surface area contributed by atoms with Crippen LogP contribution in [0.3, 0.4) is 0 Å². The Kier molecular flexibility index (Phi) is 7.07. The van der Waals surface area contributed by atoms with Gasteiger partial charge in [0, 0.05) is 11.4 Å². The Hall–Kier alpha value is -1.58. The summed E-state index contributed by atoms with van der Waals surface area (Å²) in [5.41, 5.74) is 6.35. The number of halogens is 4. The van der Waals surface area contributed by atoms with Gasteiger partial charge in [-0.25, -0.2) is 18.3 Å². The molecule has 0 atom stereocenters. The van der Waals surface area contributed by atoms with Gasteiger partial charge < -0.3 is 11.1 Å². The summed E-state index contributed by atoms with van der Waals surface area (Å²) in [7, 11) is 0. The summed E-state index contributed by atoms with van der Waals surface area (Å²) >= 11 is 0. The smallest absolute Gasteiger partial charge is 0.291 e. The Labute approximate surface area is 137 Å². The Bertz CT molecular complexity index is 663. The zero-order valence-corrected chi connectivity index (χ0v) is 13.5. The van der Waals surface area contributed by atoms with Gasteiger partial charge >= 0.3 is 0 Å². The van der Waals surface area contributed by atoms with Crippen molar-refractivity contribution in [2.45, 2.75) is 19.8 Å². The molecule has 2 heterocycles. The third kappa shape index (κ3) is 4.46. The molecule has 22 heavy (non-hydrogen) atoms. The molecule has 0 fully saturated rings. The Morgan fingerprint density at radius 1 is 1.36 bits per heavy atom. The monoisotopic (exact) mass is 356 g/mol. The highest BCUT2D eigenvalue weighted by molar-refractivity contribution is 5.90. The zero-order chi connectivity index (χ0) is 14.9. The maximum Gasteiger partial charge on any atom is 0.291 e. The number of nitrogens with two attached hydrogens (primary N) is 1. The van der Waals surface area contributed by atoms with Gasteiger partial charge in [0.25, 0.3) is 17.6 Å². The van der Waals surface area contributed by atoms with Crippen molar-refractivity contribution in [1.82, 2.24) is 24.9 Å². The van der Waals surface area contributed by atoms with E-state index in [0.717, 1.165) is 11.4 Å². The van der Waals surface area contributed by atoms with Crippen LogP contribution >= 0.6 is 24.8 Å². The summed E-state index contributed by atoms with van der Waals surface area (Å²) < 4.78 is 27.3. The lowest BCUT2D eigenvalue weighted by molar-refractivity contribution is 0.0117. The van der Waals surface area contributed by atoms with E-state index in [1.54, 1.807) is 19.9 Å². The Morgan fingerprint density at radius 2 is 2.00 bits per heavy atom. The van der Waals surface area contributed by atoms with Crippen LogP contribution in [0.2, 0.25) is 0 Å². The molecule has 0 aliphatic rings. The average molecular weight is 357 g/mol. The number of aromatic nitrogens is 4. The first kappa shape index (κ1) is 20.4. The van der Waals surface area contributed by atoms with Gasteiger partial charge in [-0.1, -0.05) is 0 Å². The highest BCUT2D eigenvalue weighted by Gasteiger charge is 2.28. The summed E-state index contributed by atoms with van der Waals surface area (Å²) in [6, 6.07) is 1.77. The SMILES string of the molecule is Cc1cc(C)n2nc(C(=O)NCC(F)(F)CN)nc2n1.Cl.Cl. The van der Waals surface area contributed by atoms with Crippen molar-refractivity contribution in [1.29, 1.82) is 0 Å². The second-order valence-corrected chi connectivity index (χ2v) is 4.43. The molecule has 124 valence electrons. The fraction of sp³-hybridized carbons (Fsp3) is 0.455. The highest BCUT2D eigenvalue weighted by Crippen LogP contribution is 2.09. The minimum atomic E-state index is -3.15. The second kappa shape index (κ2) is 7.61. The van der Waals surface area contributed by atoms with Crippen molar-refractivity contribution in [3.63, 3.8) is 0 Å². The van der Waals surface area contributed by atoms with E-state index in [0.29, 0.717) is 0 Å². The predicted octanol–water partition coefficient (Wildman–Crippen LogP) is 0.909. The number of rotatable bonds is 4. The quantitative estimate of drug-likeness (QED) is 0.848. The third-order valence-electron chi connectivity index (χ3n) is 2.63. The van der Waals surface area contributed by atoms with Gasteiger partial charge in [-0.05, 0) is 19.9 Å². The van der Waals surface area contributed by atoms with E-state index in [1.807, 2.05) is 0 Å². The van der Waals surface area contributed by atoms with E-state index in [-0.39, 0.29) is 36.4 Å². The van der Waals surface area contributed by atoms with Gasteiger partial charge in [-0.15, -0.1) is 29.9 Å². The molecule has 0 spiro atoms. The van der Waals surface area contributed by atoms with Crippen molar-refractivity contribution in [3.05, 3.63) is 23.3 Å². The molecule has 1 amide bonds. The number of nitrogens with one attached hydrogen (secondary N) is 1. The van der Waals surface area contributed by atoms with Crippen LogP contribution < -0.4 is 11.1 Å². The molecule has 7 nitrogen and oxygen atoms in total. The Balaban J connectivity index is 0.00000220. The van der Waals surface area contributed by atoms with Gasteiger partial charge in [0.2, 0.25) is 5.82 Å². The van der Waals surface area contributed by atoms with Crippen molar-refractivity contribution >= 4 is 36.5 Å². The van der Waals surface area contributed by atoms with Crippen LogP contribution in [0.25, 0.3) is 5.78 Å². The summed E-state index contributed by atoms with van der Waals surface area (Å²) in [5.74, 6) is -3.91. The maximum absolute atomic E-state index is 13.0. The normalized spacial score (nSPS) is 10.8. The van der Waals surface area contributed by atoms with E-state index in [9.17, 15) is 13.6 Å². The lowest BCUT2D eigenvalue weighted by Gasteiger charge is -2.13. The fourth-order valence-electron chi connectivity index (χ4n) is 1.62. The number of hydrogen-bond acceptors (Lipinski definition) is 5. The first-order valence-electron chi connectivity index (χ1n) is 5.89. The molecule has 0 aromatic carbocycles. The van der Waals surface area contributed by atoms with Gasteiger partial charge in [0.15, 0.2) is 0 Å². The number of alkyl halides is 2. The van der Waals surface area contributed by atoms with Gasteiger partial charge in [0.1, 0.15) is 0 Å². The number of hydrogen-bond donors (Lipinski definition) is 2. The molecular formula is C11H16Cl2F2N6O. The van der Waals surface area contributed by atoms with Gasteiger partial charge in [0.05, 0.1) is 13.1 Å². The molecule has 0 aliphatic heterocycles. The topological polar surface area (TPSA) is 98.2 Å². The van der Waals surface area contributed by atoms with Gasteiger partial charge in [-0.2, -0.15) is 4.98 Å². The lowest BCUT2D eigenvalue weighted by atomic mass is 10.3. The number of carbonyl (C=O) groups excluding carboxylic acids is 1. The largest absolute Gasteiger partial charge is 0.343 e. The van der Waals surface area contributed by atoms with Crippen LogP contribution in [0.1, 0.15) is 22.0 Å². The van der Waals surface area contributed by atoms with E-state index < -0.39 is 24.9 Å². The summed E-state index contributed by atoms with van der Waals surface area (Å²) in [5, 5.41) is 5.98. The molecule has 0 aliphatic carbocycles. The first-order valence-corrected chi connectivity index (χ1v) is 5.89. The number of amides is 1. The van der Waals surface area contributed by atoms with E-state index in [2.05, 4.69) is 20.4 Å². The molecule has 2 aromatic heterocycles. The fourth-order valence-corrected chi connectivity index (χ4v) is 1.62. The third-order valence-corrected chi connectivity index (χ3v) is 2.63. The standard InChI is InChI=1S/C11H14F2N6O.2ClH/c1-6-3-7(2)19-10(16-6)17-8(18-19)9(20)15-5-11(12,13)4-14;;/h3H,4-5,14H2,1-2H3,(H,15,20);2*1H. The molecule has 0 unspecified atom stereocenters. The number of aryl methyl sites for hydroxylation is 2. The molecule has 2 rings (SSSR count). The summed E-state index contributed by atoms with van der Waals surface area (Å²) in [6.45, 7) is 1.86. The molecule has 11 heteroatoms. The molecule has 3 N–H and O–H groups in total. The molecular weight excluding hydrogens is 341 g/mol. The van der Waals surface area contributed by atoms with Crippen LogP contribution in [0.15, 0.2) is 6.07 Å². The van der Waals surface area contributed by atoms with Crippen LogP contribution in [0.5, 0.6) is 0 Å². The summed E-state index contributed by atoms with van der Waals surface area (Å²) in [4.78, 5) is 19.7.